The molecular formula is C27H17BN4S. The van der Waals surface area contributed by atoms with Crippen molar-refractivity contribution in [3.05, 3.63) is 126 Å². The van der Waals surface area contributed by atoms with E-state index in [1.54, 1.807) is 11.8 Å². The van der Waals surface area contributed by atoms with Gasteiger partial charge in [0.15, 0.2) is 0 Å². The molecule has 2 aliphatic heterocycles. The monoisotopic (exact) mass is 440 g/mol. The van der Waals surface area contributed by atoms with E-state index in [2.05, 4.69) is 54.6 Å². The Labute approximate surface area is 196 Å². The summed E-state index contributed by atoms with van der Waals surface area (Å²) in [7, 11) is 0. The van der Waals surface area contributed by atoms with Crippen LogP contribution >= 0.6 is 11.8 Å². The van der Waals surface area contributed by atoms with Gasteiger partial charge in [0.1, 0.15) is 5.41 Å². The lowest BCUT2D eigenvalue weighted by Gasteiger charge is -2.43. The molecule has 1 aromatic carbocycles. The number of hydrogen-bond acceptors (Lipinski definition) is 5. The first-order valence-corrected chi connectivity index (χ1v) is 11.8. The van der Waals surface area contributed by atoms with Crippen LogP contribution in [0.5, 0.6) is 0 Å². The van der Waals surface area contributed by atoms with Crippen LogP contribution in [0.1, 0.15) is 22.8 Å². The van der Waals surface area contributed by atoms with Crippen molar-refractivity contribution in [3.8, 4) is 0 Å². The van der Waals surface area contributed by atoms with Crippen LogP contribution in [-0.2, 0) is 5.41 Å². The van der Waals surface area contributed by atoms with Gasteiger partial charge in [0, 0.05) is 34.6 Å². The standard InChI is InChI=1S/C27H17BN4S/c1-2-8-18(9-3-1)28-19-10-4-14-29-23(19)27(24-20(28)11-5-15-30-24)25-21(12-6-16-31-25)33-22-13-7-17-32-26(22)27/h1-17H. The maximum atomic E-state index is 5.04. The zero-order chi connectivity index (χ0) is 21.8. The summed E-state index contributed by atoms with van der Waals surface area (Å²) in [5, 5.41) is 0. The molecule has 1 spiro atoms. The van der Waals surface area contributed by atoms with E-state index in [-0.39, 0.29) is 6.71 Å². The quantitative estimate of drug-likeness (QED) is 0.368. The molecule has 154 valence electrons. The minimum absolute atomic E-state index is 0.0399. The average Bonchev–Trinajstić information content (AvgIpc) is 2.89. The normalized spacial score (nSPS) is 14.7. The van der Waals surface area contributed by atoms with Gasteiger partial charge in [-0.25, -0.2) is 0 Å². The Hall–Kier alpha value is -3.77. The van der Waals surface area contributed by atoms with Crippen LogP contribution in [0.25, 0.3) is 0 Å². The van der Waals surface area contributed by atoms with E-state index >= 15 is 0 Å². The van der Waals surface area contributed by atoms with Crippen molar-refractivity contribution >= 4 is 34.9 Å². The van der Waals surface area contributed by atoms with Crippen LogP contribution in [0, 0.1) is 0 Å². The van der Waals surface area contributed by atoms with Crippen molar-refractivity contribution in [1.29, 1.82) is 0 Å². The number of aromatic nitrogens is 4. The Bertz CT molecular complexity index is 1430. The molecule has 7 rings (SSSR count). The smallest absolute Gasteiger partial charge is 0.246 e. The maximum Gasteiger partial charge on any atom is 0.246 e. The summed E-state index contributed by atoms with van der Waals surface area (Å²) < 4.78 is 0. The van der Waals surface area contributed by atoms with Crippen LogP contribution in [0.3, 0.4) is 0 Å². The van der Waals surface area contributed by atoms with Crippen LogP contribution in [0.4, 0.5) is 0 Å². The van der Waals surface area contributed by atoms with E-state index in [4.69, 9.17) is 19.9 Å². The highest BCUT2D eigenvalue weighted by Crippen LogP contribution is 2.53. The molecule has 4 aromatic heterocycles. The summed E-state index contributed by atoms with van der Waals surface area (Å²) in [5.41, 5.74) is 6.63. The topological polar surface area (TPSA) is 51.6 Å². The minimum Gasteiger partial charge on any atom is -0.260 e. The number of pyridine rings is 4. The predicted octanol–water partition coefficient (Wildman–Crippen LogP) is 2.94. The van der Waals surface area contributed by atoms with E-state index in [1.165, 1.54) is 16.4 Å². The molecule has 0 amide bonds. The lowest BCUT2D eigenvalue weighted by molar-refractivity contribution is 0.611. The molecule has 0 saturated heterocycles. The number of benzene rings is 1. The molecule has 0 fully saturated rings. The highest BCUT2D eigenvalue weighted by atomic mass is 32.2. The first kappa shape index (κ1) is 18.8. The largest absolute Gasteiger partial charge is 0.260 e. The molecule has 0 aliphatic carbocycles. The van der Waals surface area contributed by atoms with Gasteiger partial charge >= 0.3 is 0 Å². The Morgan fingerprint density at radius 3 is 1.55 bits per heavy atom. The van der Waals surface area contributed by atoms with Crippen LogP contribution in [-0.4, -0.2) is 26.6 Å². The maximum absolute atomic E-state index is 5.04. The first-order chi connectivity index (χ1) is 16.4. The molecule has 2 aliphatic rings. The first-order valence-electron chi connectivity index (χ1n) is 10.9. The number of nitrogens with zero attached hydrogens (tertiary/aromatic N) is 4. The van der Waals surface area contributed by atoms with Gasteiger partial charge in [-0.2, -0.15) is 0 Å². The molecule has 0 N–H and O–H groups in total. The van der Waals surface area contributed by atoms with Crippen molar-refractivity contribution in [2.45, 2.75) is 15.2 Å². The second-order valence-corrected chi connectivity index (χ2v) is 9.36. The predicted molar refractivity (Wildman–Crippen MR) is 131 cm³/mol. The SMILES string of the molecule is c1ccc(B2c3cccnc3C3(c4ncccc4Sc4cccnc43)c3ncccc32)cc1. The summed E-state index contributed by atoms with van der Waals surface area (Å²) in [5.74, 6) is 0. The highest BCUT2D eigenvalue weighted by Gasteiger charge is 2.55. The fourth-order valence-electron chi connectivity index (χ4n) is 5.40. The van der Waals surface area contributed by atoms with E-state index in [0.717, 1.165) is 32.6 Å². The number of hydrogen-bond donors (Lipinski definition) is 0. The molecule has 6 heterocycles. The van der Waals surface area contributed by atoms with Crippen molar-refractivity contribution in [2.75, 3.05) is 0 Å². The van der Waals surface area contributed by atoms with E-state index in [1.807, 2.05) is 49.1 Å². The van der Waals surface area contributed by atoms with Crippen molar-refractivity contribution in [3.63, 3.8) is 0 Å². The second kappa shape index (κ2) is 7.12. The highest BCUT2D eigenvalue weighted by molar-refractivity contribution is 7.99. The molecule has 33 heavy (non-hydrogen) atoms. The van der Waals surface area contributed by atoms with Gasteiger partial charge < -0.3 is 0 Å². The molecule has 5 aromatic rings. The van der Waals surface area contributed by atoms with Gasteiger partial charge in [0.05, 0.1) is 22.8 Å². The van der Waals surface area contributed by atoms with Crippen molar-refractivity contribution in [1.82, 2.24) is 19.9 Å². The van der Waals surface area contributed by atoms with Crippen molar-refractivity contribution in [2.24, 2.45) is 0 Å². The summed E-state index contributed by atoms with van der Waals surface area (Å²) in [6, 6.07) is 27.3. The fraction of sp³-hybridized carbons (Fsp3) is 0.0370. The average molecular weight is 440 g/mol. The summed E-state index contributed by atoms with van der Waals surface area (Å²) >= 11 is 1.72. The van der Waals surface area contributed by atoms with Crippen molar-refractivity contribution < 1.29 is 0 Å². The van der Waals surface area contributed by atoms with Gasteiger partial charge in [-0.3, -0.25) is 19.9 Å². The second-order valence-electron chi connectivity index (χ2n) is 8.28. The molecule has 0 bridgehead atoms. The Kier molecular flexibility index (Phi) is 4.05. The third kappa shape index (κ3) is 2.50. The van der Waals surface area contributed by atoms with Gasteiger partial charge in [0.2, 0.25) is 6.71 Å². The van der Waals surface area contributed by atoms with Crippen LogP contribution < -0.4 is 16.4 Å². The third-order valence-electron chi connectivity index (χ3n) is 6.61. The van der Waals surface area contributed by atoms with Gasteiger partial charge in [-0.15, -0.1) is 0 Å². The molecular weight excluding hydrogens is 423 g/mol. The molecule has 0 atom stereocenters. The molecule has 0 saturated carbocycles. The minimum atomic E-state index is -0.767. The molecule has 6 heteroatoms. The van der Waals surface area contributed by atoms with Crippen LogP contribution in [0.2, 0.25) is 0 Å². The number of rotatable bonds is 1. The van der Waals surface area contributed by atoms with Gasteiger partial charge in [-0.05, 0) is 47.3 Å². The van der Waals surface area contributed by atoms with E-state index < -0.39 is 5.41 Å². The zero-order valence-corrected chi connectivity index (χ0v) is 18.4. The zero-order valence-electron chi connectivity index (χ0n) is 17.6. The van der Waals surface area contributed by atoms with E-state index in [0.29, 0.717) is 0 Å². The molecule has 0 radical (unpaired) electrons. The Balaban J connectivity index is 1.67. The lowest BCUT2D eigenvalue weighted by Crippen LogP contribution is -2.63. The van der Waals surface area contributed by atoms with Gasteiger partial charge in [-0.1, -0.05) is 59.7 Å². The van der Waals surface area contributed by atoms with Gasteiger partial charge in [0.25, 0.3) is 0 Å². The molecule has 4 nitrogen and oxygen atoms in total. The lowest BCUT2D eigenvalue weighted by atomic mass is 9.32. The summed E-state index contributed by atoms with van der Waals surface area (Å²) in [6.45, 7) is 0.0399. The van der Waals surface area contributed by atoms with Crippen LogP contribution in [0.15, 0.2) is 113 Å². The Morgan fingerprint density at radius 2 is 1.00 bits per heavy atom. The fourth-order valence-corrected chi connectivity index (χ4v) is 6.54. The third-order valence-corrected chi connectivity index (χ3v) is 7.71. The molecule has 0 unspecified atom stereocenters. The Morgan fingerprint density at radius 1 is 0.515 bits per heavy atom. The summed E-state index contributed by atoms with van der Waals surface area (Å²) in [4.78, 5) is 22.2. The number of fused-ring (bicyclic) bond motifs is 8. The van der Waals surface area contributed by atoms with E-state index in [9.17, 15) is 0 Å². The summed E-state index contributed by atoms with van der Waals surface area (Å²) in [6.07, 6.45) is 7.49.